The molecule has 8 nitrogen and oxygen atoms in total. The SMILES string of the molecule is COC(=O)c1ccccc1NC(=O)/C(C#N)=C\N1CCN(c2ccccn2)CC1. The molecule has 1 fully saturated rings. The van der Waals surface area contributed by atoms with Crippen molar-refractivity contribution in [2.75, 3.05) is 43.5 Å². The second-order valence-electron chi connectivity index (χ2n) is 6.36. The zero-order chi connectivity index (χ0) is 20.6. The number of hydrogen-bond acceptors (Lipinski definition) is 7. The lowest BCUT2D eigenvalue weighted by atomic mass is 10.1. The lowest BCUT2D eigenvalue weighted by Crippen LogP contribution is -2.44. The quantitative estimate of drug-likeness (QED) is 0.473. The molecule has 0 radical (unpaired) electrons. The van der Waals surface area contributed by atoms with Crippen LogP contribution in [0.25, 0.3) is 0 Å². The number of rotatable bonds is 5. The molecule has 0 bridgehead atoms. The predicted octanol–water partition coefficient (Wildman–Crippen LogP) is 2.04. The first-order valence-corrected chi connectivity index (χ1v) is 9.13. The van der Waals surface area contributed by atoms with E-state index >= 15 is 0 Å². The van der Waals surface area contributed by atoms with Crippen LogP contribution in [0.15, 0.2) is 60.4 Å². The van der Waals surface area contributed by atoms with Gasteiger partial charge in [-0.15, -0.1) is 0 Å². The summed E-state index contributed by atoms with van der Waals surface area (Å²) in [6.07, 6.45) is 3.32. The first-order chi connectivity index (χ1) is 14.1. The van der Waals surface area contributed by atoms with E-state index in [-0.39, 0.29) is 11.1 Å². The van der Waals surface area contributed by atoms with Gasteiger partial charge in [0.1, 0.15) is 17.5 Å². The standard InChI is InChI=1S/C21H21N5O3/c1-29-21(28)17-6-2-3-7-18(17)24-20(27)16(14-22)15-25-10-12-26(13-11-25)19-8-4-5-9-23-19/h2-9,15H,10-13H2,1H3,(H,24,27)/b16-15-. The van der Waals surface area contributed by atoms with Gasteiger partial charge in [-0.05, 0) is 24.3 Å². The molecule has 1 aromatic heterocycles. The molecule has 29 heavy (non-hydrogen) atoms. The van der Waals surface area contributed by atoms with Gasteiger partial charge in [0, 0.05) is 38.6 Å². The average molecular weight is 391 g/mol. The number of hydrogen-bond donors (Lipinski definition) is 1. The molecule has 0 spiro atoms. The zero-order valence-electron chi connectivity index (χ0n) is 16.0. The van der Waals surface area contributed by atoms with Gasteiger partial charge in [-0.25, -0.2) is 9.78 Å². The van der Waals surface area contributed by atoms with Crippen LogP contribution >= 0.6 is 0 Å². The van der Waals surface area contributed by atoms with Crippen LogP contribution in [0.2, 0.25) is 0 Å². The molecule has 148 valence electrons. The number of nitrogens with one attached hydrogen (secondary N) is 1. The number of piperazine rings is 1. The molecule has 1 aromatic carbocycles. The fourth-order valence-electron chi connectivity index (χ4n) is 3.01. The van der Waals surface area contributed by atoms with E-state index in [1.54, 1.807) is 36.7 Å². The molecule has 2 heterocycles. The van der Waals surface area contributed by atoms with Crippen LogP contribution in [-0.2, 0) is 9.53 Å². The number of nitriles is 1. The smallest absolute Gasteiger partial charge is 0.339 e. The number of aromatic nitrogens is 1. The van der Waals surface area contributed by atoms with Crippen molar-refractivity contribution in [2.24, 2.45) is 0 Å². The third-order valence-electron chi connectivity index (χ3n) is 4.54. The van der Waals surface area contributed by atoms with Gasteiger partial charge < -0.3 is 19.9 Å². The number of carbonyl (C=O) groups is 2. The Balaban J connectivity index is 1.66. The molecular weight excluding hydrogens is 370 g/mol. The summed E-state index contributed by atoms with van der Waals surface area (Å²) in [5, 5.41) is 12.1. The normalized spacial score (nSPS) is 14.1. The van der Waals surface area contributed by atoms with Crippen molar-refractivity contribution in [1.29, 1.82) is 5.26 Å². The number of carbonyl (C=O) groups excluding carboxylic acids is 2. The second kappa shape index (κ2) is 9.37. The molecule has 3 rings (SSSR count). The Morgan fingerprint density at radius 3 is 2.52 bits per heavy atom. The number of para-hydroxylation sites is 1. The topological polar surface area (TPSA) is 98.6 Å². The van der Waals surface area contributed by atoms with Crippen molar-refractivity contribution in [1.82, 2.24) is 9.88 Å². The van der Waals surface area contributed by atoms with Crippen molar-refractivity contribution in [2.45, 2.75) is 0 Å². The molecule has 0 unspecified atom stereocenters. The Morgan fingerprint density at radius 2 is 1.86 bits per heavy atom. The van der Waals surface area contributed by atoms with Crippen molar-refractivity contribution in [3.63, 3.8) is 0 Å². The van der Waals surface area contributed by atoms with E-state index < -0.39 is 11.9 Å². The molecule has 1 aliphatic rings. The number of esters is 1. The number of anilines is 2. The highest BCUT2D eigenvalue weighted by molar-refractivity contribution is 6.09. The summed E-state index contributed by atoms with van der Waals surface area (Å²) in [5.41, 5.74) is 0.492. The Morgan fingerprint density at radius 1 is 1.14 bits per heavy atom. The predicted molar refractivity (Wildman–Crippen MR) is 108 cm³/mol. The Labute approximate surface area is 169 Å². The molecule has 8 heteroatoms. The maximum absolute atomic E-state index is 12.6. The van der Waals surface area contributed by atoms with Crippen LogP contribution in [0.1, 0.15) is 10.4 Å². The van der Waals surface area contributed by atoms with E-state index in [2.05, 4.69) is 15.2 Å². The monoisotopic (exact) mass is 391 g/mol. The molecule has 2 aromatic rings. The van der Waals surface area contributed by atoms with E-state index in [1.165, 1.54) is 7.11 Å². The third kappa shape index (κ3) is 4.90. The van der Waals surface area contributed by atoms with Crippen molar-refractivity contribution in [3.05, 3.63) is 66.0 Å². The van der Waals surface area contributed by atoms with Gasteiger partial charge in [0.2, 0.25) is 0 Å². The molecule has 1 saturated heterocycles. The van der Waals surface area contributed by atoms with Crippen LogP contribution in [0.3, 0.4) is 0 Å². The molecule has 1 N–H and O–H groups in total. The summed E-state index contributed by atoms with van der Waals surface area (Å²) < 4.78 is 4.73. The summed E-state index contributed by atoms with van der Waals surface area (Å²) in [4.78, 5) is 32.9. The molecule has 0 atom stereocenters. The maximum Gasteiger partial charge on any atom is 0.339 e. The number of amides is 1. The Hall–Kier alpha value is -3.86. The fourth-order valence-corrected chi connectivity index (χ4v) is 3.01. The summed E-state index contributed by atoms with van der Waals surface area (Å²) in [6, 6.07) is 14.2. The minimum absolute atomic E-state index is 0.0315. The summed E-state index contributed by atoms with van der Waals surface area (Å²) in [7, 11) is 1.27. The number of ether oxygens (including phenoxy) is 1. The number of methoxy groups -OCH3 is 1. The maximum atomic E-state index is 12.6. The van der Waals surface area contributed by atoms with Crippen LogP contribution in [0.4, 0.5) is 11.5 Å². The molecule has 1 aliphatic heterocycles. The van der Waals surface area contributed by atoms with Crippen molar-refractivity contribution in [3.8, 4) is 6.07 Å². The highest BCUT2D eigenvalue weighted by atomic mass is 16.5. The van der Waals surface area contributed by atoms with E-state index in [0.29, 0.717) is 18.8 Å². The van der Waals surface area contributed by atoms with E-state index in [9.17, 15) is 14.9 Å². The van der Waals surface area contributed by atoms with E-state index in [0.717, 1.165) is 18.9 Å². The fraction of sp³-hybridized carbons (Fsp3) is 0.238. The van der Waals surface area contributed by atoms with Gasteiger partial charge in [-0.2, -0.15) is 5.26 Å². The van der Waals surface area contributed by atoms with E-state index in [1.807, 2.05) is 29.2 Å². The van der Waals surface area contributed by atoms with Gasteiger partial charge in [-0.3, -0.25) is 4.79 Å². The molecular formula is C21H21N5O3. The van der Waals surface area contributed by atoms with Crippen LogP contribution < -0.4 is 10.2 Å². The van der Waals surface area contributed by atoms with Gasteiger partial charge in [0.25, 0.3) is 5.91 Å². The van der Waals surface area contributed by atoms with Gasteiger partial charge in [0.05, 0.1) is 18.4 Å². The van der Waals surface area contributed by atoms with Crippen LogP contribution in [-0.4, -0.2) is 55.0 Å². The number of benzene rings is 1. The minimum atomic E-state index is -0.573. The molecule has 0 aliphatic carbocycles. The first kappa shape index (κ1) is 19.9. The lowest BCUT2D eigenvalue weighted by Gasteiger charge is -2.34. The van der Waals surface area contributed by atoms with Gasteiger partial charge in [-0.1, -0.05) is 18.2 Å². The average Bonchev–Trinajstić information content (AvgIpc) is 2.78. The summed E-state index contributed by atoms with van der Waals surface area (Å²) in [6.45, 7) is 2.79. The Bertz CT molecular complexity index is 944. The van der Waals surface area contributed by atoms with Crippen molar-refractivity contribution >= 4 is 23.4 Å². The zero-order valence-corrected chi connectivity index (χ0v) is 16.0. The largest absolute Gasteiger partial charge is 0.465 e. The van der Waals surface area contributed by atoms with Crippen LogP contribution in [0, 0.1) is 11.3 Å². The molecule has 1 amide bonds. The van der Waals surface area contributed by atoms with Gasteiger partial charge in [0.15, 0.2) is 0 Å². The highest BCUT2D eigenvalue weighted by Gasteiger charge is 2.19. The number of nitrogens with zero attached hydrogens (tertiary/aromatic N) is 4. The van der Waals surface area contributed by atoms with Gasteiger partial charge >= 0.3 is 5.97 Å². The lowest BCUT2D eigenvalue weighted by molar-refractivity contribution is -0.112. The van der Waals surface area contributed by atoms with E-state index in [4.69, 9.17) is 4.74 Å². The molecule has 0 saturated carbocycles. The van der Waals surface area contributed by atoms with Crippen LogP contribution in [0.5, 0.6) is 0 Å². The number of pyridine rings is 1. The third-order valence-corrected chi connectivity index (χ3v) is 4.54. The van der Waals surface area contributed by atoms with Crippen molar-refractivity contribution < 1.29 is 14.3 Å². The highest BCUT2D eigenvalue weighted by Crippen LogP contribution is 2.18. The Kier molecular flexibility index (Phi) is 6.43. The first-order valence-electron chi connectivity index (χ1n) is 9.13. The second-order valence-corrected chi connectivity index (χ2v) is 6.36. The summed E-state index contributed by atoms with van der Waals surface area (Å²) >= 11 is 0. The minimum Gasteiger partial charge on any atom is -0.465 e. The summed E-state index contributed by atoms with van der Waals surface area (Å²) in [5.74, 6) is -0.223.